The Morgan fingerprint density at radius 1 is 1.18 bits per heavy atom. The number of hydrogen-bond donors (Lipinski definition) is 0. The molecule has 144 valence electrons. The van der Waals surface area contributed by atoms with E-state index < -0.39 is 17.6 Å². The monoisotopic (exact) mass is 387 g/mol. The summed E-state index contributed by atoms with van der Waals surface area (Å²) in [5.74, 6) is -2.63. The fraction of sp³-hybridized carbons (Fsp3) is 0.250. The molecule has 1 aromatic carbocycles. The maximum Gasteiger partial charge on any atom is 0.255 e. The van der Waals surface area contributed by atoms with Crippen LogP contribution in [0.25, 0.3) is 11.3 Å². The summed E-state index contributed by atoms with van der Waals surface area (Å²) in [5.41, 5.74) is 0.534. The molecular weight excluding hydrogens is 371 g/mol. The number of piperidine rings is 1. The Labute approximate surface area is 158 Å². The van der Waals surface area contributed by atoms with Crippen molar-refractivity contribution >= 4 is 5.91 Å². The summed E-state index contributed by atoms with van der Waals surface area (Å²) in [6, 6.07) is 6.40. The summed E-state index contributed by atoms with van der Waals surface area (Å²) >= 11 is 0. The third-order valence-electron chi connectivity index (χ3n) is 4.78. The SMILES string of the molecule is O=C(c1ccc(F)nc1)N1CCCC(c2nc(-c3cccc(F)c3F)co2)C1. The molecule has 1 atom stereocenters. The van der Waals surface area contributed by atoms with E-state index in [-0.39, 0.29) is 23.1 Å². The predicted octanol–water partition coefficient (Wildman–Crippen LogP) is 4.17. The topological polar surface area (TPSA) is 59.2 Å². The van der Waals surface area contributed by atoms with Crippen LogP contribution in [0.15, 0.2) is 47.2 Å². The third kappa shape index (κ3) is 3.49. The number of pyridine rings is 1. The first-order valence-corrected chi connectivity index (χ1v) is 8.83. The standard InChI is InChI=1S/C20H16F3N3O2/c21-15-5-1-4-14(18(15)23)16-11-28-19(25-16)13-3-2-8-26(10-13)20(27)12-6-7-17(22)24-9-12/h1,4-7,9,11,13H,2-3,8,10H2. The van der Waals surface area contributed by atoms with Crippen molar-refractivity contribution < 1.29 is 22.4 Å². The lowest BCUT2D eigenvalue weighted by Gasteiger charge is -2.31. The Balaban J connectivity index is 1.52. The summed E-state index contributed by atoms with van der Waals surface area (Å²) in [6.07, 6.45) is 3.98. The second kappa shape index (κ2) is 7.46. The summed E-state index contributed by atoms with van der Waals surface area (Å²) in [4.78, 5) is 22.1. The molecule has 8 heteroatoms. The van der Waals surface area contributed by atoms with Gasteiger partial charge in [-0.1, -0.05) is 6.07 Å². The smallest absolute Gasteiger partial charge is 0.255 e. The van der Waals surface area contributed by atoms with Gasteiger partial charge >= 0.3 is 0 Å². The van der Waals surface area contributed by atoms with Gasteiger partial charge in [0.2, 0.25) is 5.95 Å². The molecule has 0 spiro atoms. The molecule has 3 aromatic rings. The molecule has 0 radical (unpaired) electrons. The normalized spacial score (nSPS) is 17.0. The minimum absolute atomic E-state index is 0.0242. The lowest BCUT2D eigenvalue weighted by Crippen LogP contribution is -2.39. The molecular formula is C20H16F3N3O2. The zero-order valence-electron chi connectivity index (χ0n) is 14.7. The zero-order chi connectivity index (χ0) is 19.7. The van der Waals surface area contributed by atoms with Gasteiger partial charge in [0.05, 0.1) is 11.5 Å². The first kappa shape index (κ1) is 18.2. The minimum Gasteiger partial charge on any atom is -0.448 e. The molecule has 0 aliphatic carbocycles. The van der Waals surface area contributed by atoms with Crippen LogP contribution in [0.5, 0.6) is 0 Å². The number of nitrogens with zero attached hydrogens (tertiary/aromatic N) is 3. The quantitative estimate of drug-likeness (QED) is 0.633. The van der Waals surface area contributed by atoms with E-state index in [9.17, 15) is 18.0 Å². The third-order valence-corrected chi connectivity index (χ3v) is 4.78. The van der Waals surface area contributed by atoms with Crippen LogP contribution in [-0.4, -0.2) is 33.9 Å². The molecule has 1 aliphatic rings. The molecule has 3 heterocycles. The van der Waals surface area contributed by atoms with Crippen molar-refractivity contribution in [1.29, 1.82) is 0 Å². The number of halogens is 3. The molecule has 28 heavy (non-hydrogen) atoms. The molecule has 1 saturated heterocycles. The van der Waals surface area contributed by atoms with E-state index in [0.29, 0.717) is 24.5 Å². The number of aromatic nitrogens is 2. The van der Waals surface area contributed by atoms with Crippen molar-refractivity contribution in [3.05, 3.63) is 71.8 Å². The molecule has 1 amide bonds. The van der Waals surface area contributed by atoms with Gasteiger partial charge in [-0.2, -0.15) is 4.39 Å². The Morgan fingerprint density at radius 3 is 2.82 bits per heavy atom. The highest BCUT2D eigenvalue weighted by molar-refractivity contribution is 5.94. The Hall–Kier alpha value is -3.16. The fourth-order valence-corrected chi connectivity index (χ4v) is 3.35. The fourth-order valence-electron chi connectivity index (χ4n) is 3.35. The van der Waals surface area contributed by atoms with Gasteiger partial charge in [-0.25, -0.2) is 18.7 Å². The summed E-state index contributed by atoms with van der Waals surface area (Å²) in [5, 5.41) is 0. The summed E-state index contributed by atoms with van der Waals surface area (Å²) in [7, 11) is 0. The van der Waals surface area contributed by atoms with Crippen molar-refractivity contribution in [2.75, 3.05) is 13.1 Å². The van der Waals surface area contributed by atoms with Crippen LogP contribution in [0.3, 0.4) is 0 Å². The van der Waals surface area contributed by atoms with E-state index in [1.807, 2.05) is 0 Å². The Bertz CT molecular complexity index is 1000. The van der Waals surface area contributed by atoms with Crippen molar-refractivity contribution in [3.63, 3.8) is 0 Å². The molecule has 0 bridgehead atoms. The van der Waals surface area contributed by atoms with E-state index >= 15 is 0 Å². The zero-order valence-corrected chi connectivity index (χ0v) is 14.7. The number of hydrogen-bond acceptors (Lipinski definition) is 4. The summed E-state index contributed by atoms with van der Waals surface area (Å²) < 4.78 is 45.9. The minimum atomic E-state index is -0.980. The summed E-state index contributed by atoms with van der Waals surface area (Å²) in [6.45, 7) is 0.917. The van der Waals surface area contributed by atoms with E-state index in [1.165, 1.54) is 30.7 Å². The van der Waals surface area contributed by atoms with E-state index in [4.69, 9.17) is 4.42 Å². The predicted molar refractivity (Wildman–Crippen MR) is 93.9 cm³/mol. The van der Waals surface area contributed by atoms with Crippen molar-refractivity contribution in [2.45, 2.75) is 18.8 Å². The van der Waals surface area contributed by atoms with Gasteiger partial charge in [0.1, 0.15) is 12.0 Å². The number of oxazole rings is 1. The van der Waals surface area contributed by atoms with Crippen molar-refractivity contribution in [3.8, 4) is 11.3 Å². The molecule has 0 saturated carbocycles. The van der Waals surface area contributed by atoms with E-state index in [2.05, 4.69) is 9.97 Å². The van der Waals surface area contributed by atoms with Crippen molar-refractivity contribution in [1.82, 2.24) is 14.9 Å². The number of carbonyl (C=O) groups is 1. The largest absolute Gasteiger partial charge is 0.448 e. The van der Waals surface area contributed by atoms with Crippen LogP contribution in [-0.2, 0) is 0 Å². The van der Waals surface area contributed by atoms with Gasteiger partial charge < -0.3 is 9.32 Å². The second-order valence-corrected chi connectivity index (χ2v) is 6.63. The molecule has 0 N–H and O–H groups in total. The maximum absolute atomic E-state index is 14.0. The molecule has 5 nitrogen and oxygen atoms in total. The van der Waals surface area contributed by atoms with Gasteiger partial charge in [-0.3, -0.25) is 4.79 Å². The Morgan fingerprint density at radius 2 is 2.04 bits per heavy atom. The lowest BCUT2D eigenvalue weighted by atomic mass is 9.97. The number of carbonyl (C=O) groups excluding carboxylic acids is 1. The van der Waals surface area contributed by atoms with Crippen molar-refractivity contribution in [2.24, 2.45) is 0 Å². The van der Waals surface area contributed by atoms with E-state index in [1.54, 1.807) is 4.90 Å². The molecule has 1 aliphatic heterocycles. The molecule has 1 unspecified atom stereocenters. The van der Waals surface area contributed by atoms with Crippen LogP contribution in [0.1, 0.15) is 35.0 Å². The van der Waals surface area contributed by atoms with Crippen LogP contribution < -0.4 is 0 Å². The van der Waals surface area contributed by atoms with E-state index in [0.717, 1.165) is 25.0 Å². The van der Waals surface area contributed by atoms with Gasteiger partial charge in [-0.15, -0.1) is 0 Å². The van der Waals surface area contributed by atoms with Gasteiger partial charge in [0.25, 0.3) is 5.91 Å². The van der Waals surface area contributed by atoms with Gasteiger partial charge in [0, 0.05) is 24.8 Å². The molecule has 2 aromatic heterocycles. The van der Waals surface area contributed by atoms with Crippen LogP contribution in [0.4, 0.5) is 13.2 Å². The highest BCUT2D eigenvalue weighted by Gasteiger charge is 2.29. The van der Waals surface area contributed by atoms with Gasteiger partial charge in [-0.05, 0) is 37.1 Å². The Kier molecular flexibility index (Phi) is 4.85. The molecule has 1 fully saturated rings. The van der Waals surface area contributed by atoms with Gasteiger partial charge in [0.15, 0.2) is 17.5 Å². The van der Waals surface area contributed by atoms with Crippen LogP contribution in [0.2, 0.25) is 0 Å². The molecule has 4 rings (SSSR count). The second-order valence-electron chi connectivity index (χ2n) is 6.63. The number of benzene rings is 1. The average molecular weight is 387 g/mol. The first-order chi connectivity index (χ1) is 13.5. The number of rotatable bonds is 3. The average Bonchev–Trinajstić information content (AvgIpc) is 3.20. The lowest BCUT2D eigenvalue weighted by molar-refractivity contribution is 0.0697. The highest BCUT2D eigenvalue weighted by Crippen LogP contribution is 2.30. The number of amides is 1. The highest BCUT2D eigenvalue weighted by atomic mass is 19.2. The van der Waals surface area contributed by atoms with Crippen LogP contribution in [0, 0.1) is 17.6 Å². The maximum atomic E-state index is 14.0. The first-order valence-electron chi connectivity index (χ1n) is 8.83. The number of likely N-dealkylation sites (tertiary alicyclic amines) is 1. The van der Waals surface area contributed by atoms with Crippen LogP contribution >= 0.6 is 0 Å².